The molecule has 0 radical (unpaired) electrons. The Hall–Kier alpha value is -1.04. The first-order valence-electron chi connectivity index (χ1n) is 3.75. The van der Waals surface area contributed by atoms with Gasteiger partial charge in [0.25, 0.3) is 0 Å². The number of benzene rings is 1. The molecular weight excluding hydrogens is 213 g/mol. The van der Waals surface area contributed by atoms with E-state index in [2.05, 4.69) is 5.32 Å². The van der Waals surface area contributed by atoms with E-state index in [9.17, 15) is 13.2 Å². The van der Waals surface area contributed by atoms with E-state index in [0.29, 0.717) is 11.4 Å². The predicted molar refractivity (Wildman–Crippen MR) is 52.3 cm³/mol. The Morgan fingerprint density at radius 3 is 2.43 bits per heavy atom. The summed E-state index contributed by atoms with van der Waals surface area (Å²) in [5, 5.41) is 2.77. The molecule has 1 aromatic rings. The summed E-state index contributed by atoms with van der Waals surface area (Å²) in [5.74, 6) is 0. The number of nitrogen functional groups attached to an aromatic ring is 1. The van der Waals surface area contributed by atoms with Crippen molar-refractivity contribution in [1.29, 1.82) is 0 Å². The highest BCUT2D eigenvalue weighted by Gasteiger charge is 2.29. The number of rotatable bonds is 2. The first kappa shape index (κ1) is 11.0. The Bertz CT molecular complexity index is 325. The van der Waals surface area contributed by atoms with Gasteiger partial charge in [0.2, 0.25) is 0 Å². The van der Waals surface area contributed by atoms with Crippen molar-refractivity contribution in [2.24, 2.45) is 0 Å². The quantitative estimate of drug-likeness (QED) is 0.597. The highest BCUT2D eigenvalue weighted by Crippen LogP contribution is 2.38. The average molecular weight is 222 g/mol. The van der Waals surface area contributed by atoms with Crippen LogP contribution in [-0.4, -0.2) is 12.6 Å². The lowest BCUT2D eigenvalue weighted by molar-refractivity contribution is -0.0328. The molecule has 0 heterocycles. The summed E-state index contributed by atoms with van der Waals surface area (Å²) in [6.45, 7) is 0. The fourth-order valence-corrected chi connectivity index (χ4v) is 1.55. The Morgan fingerprint density at radius 2 is 2.00 bits per heavy atom. The van der Waals surface area contributed by atoms with Crippen LogP contribution in [0.25, 0.3) is 0 Å². The normalized spacial score (nSPS) is 11.4. The number of thioether (sulfide) groups is 1. The van der Waals surface area contributed by atoms with Crippen LogP contribution in [0.3, 0.4) is 0 Å². The predicted octanol–water partition coefficient (Wildman–Crippen LogP) is 2.92. The molecule has 0 saturated heterocycles. The van der Waals surface area contributed by atoms with E-state index in [1.165, 1.54) is 18.2 Å². The first-order chi connectivity index (χ1) is 6.42. The van der Waals surface area contributed by atoms with Gasteiger partial charge in [0, 0.05) is 11.9 Å². The van der Waals surface area contributed by atoms with Gasteiger partial charge in [-0.25, -0.2) is 0 Å². The van der Waals surface area contributed by atoms with E-state index in [0.717, 1.165) is 0 Å². The summed E-state index contributed by atoms with van der Waals surface area (Å²) < 4.78 is 35.9. The van der Waals surface area contributed by atoms with E-state index in [-0.39, 0.29) is 16.7 Å². The summed E-state index contributed by atoms with van der Waals surface area (Å²) in [6, 6.07) is 4.19. The maximum absolute atomic E-state index is 12.0. The van der Waals surface area contributed by atoms with Crippen molar-refractivity contribution >= 4 is 23.1 Å². The summed E-state index contributed by atoms with van der Waals surface area (Å²) >= 11 is -0.174. The number of nitrogens with two attached hydrogens (primary N) is 1. The molecule has 0 aliphatic heterocycles. The van der Waals surface area contributed by atoms with Crippen molar-refractivity contribution in [1.82, 2.24) is 0 Å². The monoisotopic (exact) mass is 222 g/mol. The van der Waals surface area contributed by atoms with Crippen LogP contribution in [-0.2, 0) is 0 Å². The highest BCUT2D eigenvalue weighted by molar-refractivity contribution is 8.00. The minimum atomic E-state index is -4.27. The Balaban J connectivity index is 2.87. The smallest absolute Gasteiger partial charge is 0.397 e. The van der Waals surface area contributed by atoms with Crippen molar-refractivity contribution in [2.45, 2.75) is 10.4 Å². The van der Waals surface area contributed by atoms with Crippen LogP contribution >= 0.6 is 11.8 Å². The summed E-state index contributed by atoms with van der Waals surface area (Å²) in [7, 11) is 1.66. The third kappa shape index (κ3) is 3.02. The van der Waals surface area contributed by atoms with Gasteiger partial charge in [-0.15, -0.1) is 0 Å². The minimum Gasteiger partial charge on any atom is -0.397 e. The number of alkyl halides is 3. The molecule has 0 bridgehead atoms. The van der Waals surface area contributed by atoms with Crippen LogP contribution in [0.4, 0.5) is 24.5 Å². The van der Waals surface area contributed by atoms with Crippen molar-refractivity contribution in [3.63, 3.8) is 0 Å². The van der Waals surface area contributed by atoms with Gasteiger partial charge in [0.1, 0.15) is 0 Å². The molecule has 1 aromatic carbocycles. The van der Waals surface area contributed by atoms with Gasteiger partial charge >= 0.3 is 5.51 Å². The molecule has 3 N–H and O–H groups in total. The topological polar surface area (TPSA) is 38.0 Å². The lowest BCUT2D eigenvalue weighted by atomic mass is 10.3. The first-order valence-corrected chi connectivity index (χ1v) is 4.57. The molecule has 0 fully saturated rings. The molecule has 0 aliphatic rings. The number of anilines is 2. The van der Waals surface area contributed by atoms with Gasteiger partial charge < -0.3 is 11.1 Å². The molecule has 14 heavy (non-hydrogen) atoms. The summed E-state index contributed by atoms with van der Waals surface area (Å²) in [5.41, 5.74) is 2.17. The van der Waals surface area contributed by atoms with E-state index in [4.69, 9.17) is 5.73 Å². The molecule has 78 valence electrons. The number of hydrogen-bond donors (Lipinski definition) is 2. The Labute approximate surface area is 83.7 Å². The van der Waals surface area contributed by atoms with Gasteiger partial charge in [0.15, 0.2) is 0 Å². The van der Waals surface area contributed by atoms with E-state index >= 15 is 0 Å². The van der Waals surface area contributed by atoms with E-state index in [1.807, 2.05) is 0 Å². The second kappa shape index (κ2) is 4.00. The van der Waals surface area contributed by atoms with Crippen LogP contribution in [0.2, 0.25) is 0 Å². The van der Waals surface area contributed by atoms with Crippen molar-refractivity contribution in [3.05, 3.63) is 18.2 Å². The molecule has 0 unspecified atom stereocenters. The molecular formula is C8H9F3N2S. The van der Waals surface area contributed by atoms with Crippen molar-refractivity contribution in [3.8, 4) is 0 Å². The lowest BCUT2D eigenvalue weighted by Crippen LogP contribution is -2.00. The van der Waals surface area contributed by atoms with Crippen LogP contribution < -0.4 is 11.1 Å². The van der Waals surface area contributed by atoms with Crippen LogP contribution in [0.1, 0.15) is 0 Å². The molecule has 0 aromatic heterocycles. The number of hydrogen-bond acceptors (Lipinski definition) is 3. The van der Waals surface area contributed by atoms with E-state index < -0.39 is 5.51 Å². The fraction of sp³-hybridized carbons (Fsp3) is 0.250. The Kier molecular flexibility index (Phi) is 3.15. The molecule has 0 aliphatic carbocycles. The van der Waals surface area contributed by atoms with E-state index in [1.54, 1.807) is 7.05 Å². The fourth-order valence-electron chi connectivity index (χ4n) is 0.966. The van der Waals surface area contributed by atoms with Gasteiger partial charge in [-0.3, -0.25) is 0 Å². The van der Waals surface area contributed by atoms with Gasteiger partial charge in [-0.1, -0.05) is 0 Å². The number of halogens is 3. The zero-order valence-electron chi connectivity index (χ0n) is 7.35. The average Bonchev–Trinajstić information content (AvgIpc) is 2.01. The molecule has 0 saturated carbocycles. The highest BCUT2D eigenvalue weighted by atomic mass is 32.2. The Morgan fingerprint density at radius 1 is 1.36 bits per heavy atom. The minimum absolute atomic E-state index is 0.0917. The maximum Gasteiger partial charge on any atom is 0.446 e. The third-order valence-electron chi connectivity index (χ3n) is 1.53. The van der Waals surface area contributed by atoms with Crippen LogP contribution in [0.5, 0.6) is 0 Å². The SMILES string of the molecule is CNc1ccc(SC(F)(F)F)cc1N. The molecule has 0 spiro atoms. The van der Waals surface area contributed by atoms with Crippen LogP contribution in [0.15, 0.2) is 23.1 Å². The van der Waals surface area contributed by atoms with Gasteiger partial charge in [-0.05, 0) is 30.0 Å². The second-order valence-electron chi connectivity index (χ2n) is 2.55. The molecule has 0 atom stereocenters. The van der Waals surface area contributed by atoms with Gasteiger partial charge in [0.05, 0.1) is 11.4 Å². The largest absolute Gasteiger partial charge is 0.446 e. The van der Waals surface area contributed by atoms with Crippen molar-refractivity contribution < 1.29 is 13.2 Å². The van der Waals surface area contributed by atoms with Crippen LogP contribution in [0, 0.1) is 0 Å². The standard InChI is InChI=1S/C8H9F3N2S/c1-13-7-3-2-5(4-6(7)12)14-8(9,10)11/h2-4,13H,12H2,1H3. The molecule has 1 rings (SSSR count). The molecule has 2 nitrogen and oxygen atoms in total. The summed E-state index contributed by atoms with van der Waals surface area (Å²) in [6.07, 6.45) is 0. The summed E-state index contributed by atoms with van der Waals surface area (Å²) in [4.78, 5) is 0.0917. The third-order valence-corrected chi connectivity index (χ3v) is 2.25. The zero-order chi connectivity index (χ0) is 10.8. The maximum atomic E-state index is 12.0. The second-order valence-corrected chi connectivity index (χ2v) is 3.69. The van der Waals surface area contributed by atoms with Gasteiger partial charge in [-0.2, -0.15) is 13.2 Å². The molecule has 0 amide bonds. The number of nitrogens with one attached hydrogen (secondary N) is 1. The zero-order valence-corrected chi connectivity index (χ0v) is 8.17. The van der Waals surface area contributed by atoms with Crippen molar-refractivity contribution in [2.75, 3.05) is 18.1 Å². The lowest BCUT2D eigenvalue weighted by Gasteiger charge is -2.08. The molecule has 6 heteroatoms.